The highest BCUT2D eigenvalue weighted by Gasteiger charge is 2.05. The molecule has 0 saturated heterocycles. The van der Waals surface area contributed by atoms with E-state index in [0.717, 1.165) is 0 Å². The Kier molecular flexibility index (Phi) is 8.50. The molecule has 0 heterocycles. The van der Waals surface area contributed by atoms with Crippen molar-refractivity contribution in [1.29, 1.82) is 0 Å². The molecule has 0 radical (unpaired) electrons. The number of nitrogens with one attached hydrogen (secondary N) is 1. The summed E-state index contributed by atoms with van der Waals surface area (Å²) in [6, 6.07) is 0. The third kappa shape index (κ3) is 5.15. The van der Waals surface area contributed by atoms with Gasteiger partial charge in [0, 0.05) is 20.1 Å². The minimum Gasteiger partial charge on any atom is -0.375 e. The van der Waals surface area contributed by atoms with Gasteiger partial charge in [0.15, 0.2) is 0 Å². The highest BCUT2D eigenvalue weighted by atomic mass is 15.2. The number of rotatable bonds is 8. The zero-order chi connectivity index (χ0) is 10.8. The van der Waals surface area contributed by atoms with Crippen LogP contribution in [0.4, 0.5) is 0 Å². The van der Waals surface area contributed by atoms with E-state index < -0.39 is 0 Å². The third-order valence-corrected chi connectivity index (χ3v) is 2.43. The predicted molar refractivity (Wildman–Crippen MR) is 64.2 cm³/mol. The second-order valence-electron chi connectivity index (χ2n) is 3.62. The quantitative estimate of drug-likeness (QED) is 0.645. The smallest absolute Gasteiger partial charge is 0.0966 e. The van der Waals surface area contributed by atoms with Gasteiger partial charge in [-0.05, 0) is 25.8 Å². The van der Waals surface area contributed by atoms with Gasteiger partial charge in [0.05, 0.1) is 5.82 Å². The van der Waals surface area contributed by atoms with Gasteiger partial charge in [-0.15, -0.1) is 0 Å². The van der Waals surface area contributed by atoms with Crippen molar-refractivity contribution in [2.24, 2.45) is 0 Å². The Hall–Kier alpha value is -0.660. The van der Waals surface area contributed by atoms with Crippen molar-refractivity contribution in [2.75, 3.05) is 20.1 Å². The highest BCUT2D eigenvalue weighted by Crippen LogP contribution is 2.05. The zero-order valence-corrected chi connectivity index (χ0v) is 10.3. The summed E-state index contributed by atoms with van der Waals surface area (Å²) >= 11 is 0. The molecule has 0 amide bonds. The van der Waals surface area contributed by atoms with Gasteiger partial charge in [-0.25, -0.2) is 0 Å². The first-order chi connectivity index (χ1) is 6.79. The number of unbranched alkanes of at least 4 members (excludes halogenated alkanes) is 2. The molecule has 0 bridgehead atoms. The average molecular weight is 198 g/mol. The third-order valence-electron chi connectivity index (χ3n) is 2.43. The fraction of sp³-hybridized carbons (Fsp3) is 0.833. The molecule has 1 N–H and O–H groups in total. The van der Waals surface area contributed by atoms with Crippen LogP contribution in [0.5, 0.6) is 0 Å². The fourth-order valence-corrected chi connectivity index (χ4v) is 1.54. The molecule has 0 rings (SSSR count). The first kappa shape index (κ1) is 13.3. The van der Waals surface area contributed by atoms with Gasteiger partial charge < -0.3 is 10.2 Å². The molecule has 0 aliphatic rings. The van der Waals surface area contributed by atoms with Crippen LogP contribution in [0.2, 0.25) is 0 Å². The predicted octanol–water partition coefficient (Wildman–Crippen LogP) is 2.97. The van der Waals surface area contributed by atoms with Crippen LogP contribution < -0.4 is 5.32 Å². The van der Waals surface area contributed by atoms with Crippen molar-refractivity contribution in [2.45, 2.75) is 46.5 Å². The molecular formula is C12H26N2. The van der Waals surface area contributed by atoms with Gasteiger partial charge in [0.25, 0.3) is 0 Å². The van der Waals surface area contributed by atoms with E-state index in [1.54, 1.807) is 0 Å². The summed E-state index contributed by atoms with van der Waals surface area (Å²) in [4.78, 5) is 2.45. The SMILES string of the molecule is CC=C(NC)N(CCCC)CCCC. The molecular weight excluding hydrogens is 172 g/mol. The zero-order valence-electron chi connectivity index (χ0n) is 10.3. The Labute approximate surface area is 89.4 Å². The topological polar surface area (TPSA) is 15.3 Å². The molecule has 0 spiro atoms. The standard InChI is InChI=1S/C12H26N2/c1-5-8-10-14(11-9-6-2)12(7-3)13-4/h7,13H,5-6,8-11H2,1-4H3. The van der Waals surface area contributed by atoms with Gasteiger partial charge in [0.1, 0.15) is 0 Å². The minimum absolute atomic E-state index is 1.18. The Bertz CT molecular complexity index is 144. The number of allylic oxidation sites excluding steroid dienone is 1. The summed E-state index contributed by atoms with van der Waals surface area (Å²) in [7, 11) is 2.00. The van der Waals surface area contributed by atoms with Crippen LogP contribution in [0, 0.1) is 0 Å². The van der Waals surface area contributed by atoms with Crippen LogP contribution in [0.25, 0.3) is 0 Å². The molecule has 0 aromatic carbocycles. The summed E-state index contributed by atoms with van der Waals surface area (Å²) in [5.74, 6) is 1.27. The van der Waals surface area contributed by atoms with Gasteiger partial charge in [-0.3, -0.25) is 0 Å². The fourth-order valence-electron chi connectivity index (χ4n) is 1.54. The summed E-state index contributed by atoms with van der Waals surface area (Å²) < 4.78 is 0. The van der Waals surface area contributed by atoms with E-state index in [2.05, 4.69) is 37.1 Å². The van der Waals surface area contributed by atoms with E-state index in [4.69, 9.17) is 0 Å². The van der Waals surface area contributed by atoms with Crippen LogP contribution in [0.15, 0.2) is 11.9 Å². The average Bonchev–Trinajstić information content (AvgIpc) is 2.22. The van der Waals surface area contributed by atoms with E-state index in [9.17, 15) is 0 Å². The first-order valence-corrected chi connectivity index (χ1v) is 5.89. The number of hydrogen-bond donors (Lipinski definition) is 1. The number of hydrogen-bond acceptors (Lipinski definition) is 2. The van der Waals surface area contributed by atoms with E-state index >= 15 is 0 Å². The maximum Gasteiger partial charge on any atom is 0.0966 e. The second-order valence-corrected chi connectivity index (χ2v) is 3.62. The van der Waals surface area contributed by atoms with Crippen molar-refractivity contribution in [3.05, 3.63) is 11.9 Å². The summed E-state index contributed by atoms with van der Waals surface area (Å²) in [5.41, 5.74) is 0. The maximum absolute atomic E-state index is 3.26. The summed E-state index contributed by atoms with van der Waals surface area (Å²) in [6.07, 6.45) is 7.25. The Morgan fingerprint density at radius 2 is 1.64 bits per heavy atom. The highest BCUT2D eigenvalue weighted by molar-refractivity contribution is 4.95. The molecule has 0 fully saturated rings. The van der Waals surface area contributed by atoms with Crippen molar-refractivity contribution in [3.8, 4) is 0 Å². The lowest BCUT2D eigenvalue weighted by Crippen LogP contribution is -2.31. The lowest BCUT2D eigenvalue weighted by Gasteiger charge is -2.26. The van der Waals surface area contributed by atoms with Crippen molar-refractivity contribution in [3.63, 3.8) is 0 Å². The maximum atomic E-state index is 3.26. The Morgan fingerprint density at radius 3 is 1.93 bits per heavy atom. The van der Waals surface area contributed by atoms with Crippen LogP contribution in [-0.2, 0) is 0 Å². The van der Waals surface area contributed by atoms with Crippen LogP contribution in [-0.4, -0.2) is 25.0 Å². The molecule has 0 saturated carbocycles. The minimum atomic E-state index is 1.18. The van der Waals surface area contributed by atoms with Gasteiger partial charge >= 0.3 is 0 Å². The molecule has 0 atom stereocenters. The van der Waals surface area contributed by atoms with Crippen LogP contribution in [0.3, 0.4) is 0 Å². The normalized spacial score (nSPS) is 11.6. The first-order valence-electron chi connectivity index (χ1n) is 5.89. The monoisotopic (exact) mass is 198 g/mol. The molecule has 14 heavy (non-hydrogen) atoms. The summed E-state index contributed by atoms with van der Waals surface area (Å²) in [6.45, 7) is 8.93. The Balaban J connectivity index is 4.07. The Morgan fingerprint density at radius 1 is 1.14 bits per heavy atom. The second kappa shape index (κ2) is 8.92. The molecule has 2 nitrogen and oxygen atoms in total. The molecule has 0 unspecified atom stereocenters. The summed E-state index contributed by atoms with van der Waals surface area (Å²) in [5, 5.41) is 3.26. The molecule has 0 aliphatic heterocycles. The van der Waals surface area contributed by atoms with E-state index in [-0.39, 0.29) is 0 Å². The number of nitrogens with zero attached hydrogens (tertiary/aromatic N) is 1. The van der Waals surface area contributed by atoms with Gasteiger partial charge in [0.2, 0.25) is 0 Å². The molecule has 84 valence electrons. The van der Waals surface area contributed by atoms with Gasteiger partial charge in [-0.1, -0.05) is 26.7 Å². The van der Waals surface area contributed by atoms with E-state index in [0.29, 0.717) is 0 Å². The van der Waals surface area contributed by atoms with Crippen LogP contribution in [0.1, 0.15) is 46.5 Å². The molecule has 2 heteroatoms. The molecule has 0 aromatic heterocycles. The van der Waals surface area contributed by atoms with Gasteiger partial charge in [-0.2, -0.15) is 0 Å². The molecule has 0 aromatic rings. The van der Waals surface area contributed by atoms with E-state index in [1.165, 1.54) is 44.6 Å². The largest absolute Gasteiger partial charge is 0.375 e. The molecule has 0 aliphatic carbocycles. The van der Waals surface area contributed by atoms with Crippen molar-refractivity contribution >= 4 is 0 Å². The lowest BCUT2D eigenvalue weighted by molar-refractivity contribution is 0.313. The van der Waals surface area contributed by atoms with Crippen molar-refractivity contribution < 1.29 is 0 Å². The lowest BCUT2D eigenvalue weighted by atomic mass is 10.2. The van der Waals surface area contributed by atoms with Crippen molar-refractivity contribution in [1.82, 2.24) is 10.2 Å². The van der Waals surface area contributed by atoms with E-state index in [1.807, 2.05) is 7.05 Å². The van der Waals surface area contributed by atoms with Crippen LogP contribution >= 0.6 is 0 Å².